The molecule has 1 saturated heterocycles. The van der Waals surface area contributed by atoms with Crippen molar-refractivity contribution in [1.29, 1.82) is 0 Å². The first-order chi connectivity index (χ1) is 18.4. The summed E-state index contributed by atoms with van der Waals surface area (Å²) >= 11 is 0. The normalized spacial score (nSPS) is 14.3. The lowest BCUT2D eigenvalue weighted by Crippen LogP contribution is -2.39. The summed E-state index contributed by atoms with van der Waals surface area (Å²) in [5.74, 6) is 0.0453. The summed E-state index contributed by atoms with van der Waals surface area (Å²) in [4.78, 5) is 39.4. The van der Waals surface area contributed by atoms with E-state index in [0.717, 1.165) is 22.4 Å². The topological polar surface area (TPSA) is 166 Å². The second-order valence-corrected chi connectivity index (χ2v) is 9.35. The van der Waals surface area contributed by atoms with Gasteiger partial charge in [-0.25, -0.2) is 4.98 Å². The van der Waals surface area contributed by atoms with Crippen LogP contribution in [-0.2, 0) is 7.05 Å². The van der Waals surface area contributed by atoms with Crippen LogP contribution in [0.5, 0.6) is 0 Å². The quantitative estimate of drug-likeness (QED) is 0.336. The second-order valence-electron chi connectivity index (χ2n) is 9.35. The number of fused-ring (bicyclic) bond motifs is 1. The number of carbonyl (C=O) groups is 2. The molecule has 1 fully saturated rings. The van der Waals surface area contributed by atoms with Gasteiger partial charge in [-0.2, -0.15) is 14.7 Å². The molecule has 6 heterocycles. The molecule has 13 nitrogen and oxygen atoms in total. The number of nitrogen functional groups attached to an aromatic ring is 1. The minimum Gasteiger partial charge on any atom is -0.383 e. The van der Waals surface area contributed by atoms with Crippen LogP contribution in [0.4, 0.5) is 5.82 Å². The summed E-state index contributed by atoms with van der Waals surface area (Å²) in [5.41, 5.74) is 11.4. The average molecular weight is 512 g/mol. The van der Waals surface area contributed by atoms with E-state index in [-0.39, 0.29) is 29.3 Å². The van der Waals surface area contributed by atoms with Gasteiger partial charge >= 0.3 is 0 Å². The monoisotopic (exact) mass is 511 g/mol. The number of likely N-dealkylation sites (tertiary alicyclic amines) is 1. The SMILES string of the molecule is CC(=O)c1c(C2CCN(C(=O)c3nnc[nH]3)CC2)nc2c(-c3ccc(-c4cnn(C)c4)nc3)cnn2c1N. The van der Waals surface area contributed by atoms with Crippen LogP contribution in [-0.4, -0.2) is 74.2 Å². The Morgan fingerprint density at radius 1 is 1.08 bits per heavy atom. The maximum absolute atomic E-state index is 12.7. The fourth-order valence-electron chi connectivity index (χ4n) is 4.99. The van der Waals surface area contributed by atoms with Crippen molar-refractivity contribution in [2.24, 2.45) is 7.05 Å². The van der Waals surface area contributed by atoms with Gasteiger partial charge in [0.1, 0.15) is 12.1 Å². The summed E-state index contributed by atoms with van der Waals surface area (Å²) < 4.78 is 3.23. The van der Waals surface area contributed by atoms with Gasteiger partial charge in [0.2, 0.25) is 5.82 Å². The summed E-state index contributed by atoms with van der Waals surface area (Å²) in [6, 6.07) is 3.88. The van der Waals surface area contributed by atoms with Gasteiger partial charge in [-0.1, -0.05) is 6.07 Å². The number of nitrogens with one attached hydrogen (secondary N) is 1. The van der Waals surface area contributed by atoms with Gasteiger partial charge in [0.15, 0.2) is 11.4 Å². The van der Waals surface area contributed by atoms with Crippen molar-refractivity contribution < 1.29 is 9.59 Å². The molecule has 13 heteroatoms. The van der Waals surface area contributed by atoms with Crippen molar-refractivity contribution >= 4 is 23.2 Å². The number of ketones is 1. The highest BCUT2D eigenvalue weighted by Gasteiger charge is 2.31. The molecule has 0 spiro atoms. The maximum Gasteiger partial charge on any atom is 0.291 e. The second kappa shape index (κ2) is 9.18. The number of nitrogens with zero attached hydrogens (tertiary/aromatic N) is 9. The highest BCUT2D eigenvalue weighted by molar-refractivity contribution is 6.00. The zero-order chi connectivity index (χ0) is 26.4. The number of carbonyl (C=O) groups excluding carboxylic acids is 2. The zero-order valence-corrected chi connectivity index (χ0v) is 20.9. The van der Waals surface area contributed by atoms with Crippen molar-refractivity contribution in [1.82, 2.24) is 49.4 Å². The van der Waals surface area contributed by atoms with Gasteiger partial charge < -0.3 is 15.6 Å². The number of nitrogens with two attached hydrogens (primary N) is 1. The van der Waals surface area contributed by atoms with Crippen LogP contribution in [0.2, 0.25) is 0 Å². The van der Waals surface area contributed by atoms with Crippen molar-refractivity contribution in [2.75, 3.05) is 18.8 Å². The molecule has 5 aromatic heterocycles. The van der Waals surface area contributed by atoms with Crippen LogP contribution < -0.4 is 5.73 Å². The van der Waals surface area contributed by atoms with E-state index < -0.39 is 0 Å². The molecule has 0 atom stereocenters. The van der Waals surface area contributed by atoms with Crippen molar-refractivity contribution in [3.05, 3.63) is 60.3 Å². The van der Waals surface area contributed by atoms with Gasteiger partial charge in [0.05, 0.1) is 29.3 Å². The van der Waals surface area contributed by atoms with E-state index in [1.807, 2.05) is 25.4 Å². The molecule has 0 radical (unpaired) electrons. The highest BCUT2D eigenvalue weighted by Crippen LogP contribution is 2.35. The zero-order valence-electron chi connectivity index (χ0n) is 20.9. The fraction of sp³-hybridized carbons (Fsp3) is 0.280. The van der Waals surface area contributed by atoms with E-state index in [1.165, 1.54) is 17.8 Å². The molecule has 0 saturated carbocycles. The van der Waals surface area contributed by atoms with Crippen LogP contribution in [0, 0.1) is 0 Å². The van der Waals surface area contributed by atoms with Crippen LogP contribution in [0.3, 0.4) is 0 Å². The van der Waals surface area contributed by atoms with Gasteiger partial charge in [-0.15, -0.1) is 10.2 Å². The summed E-state index contributed by atoms with van der Waals surface area (Å²) in [6.07, 6.45) is 9.77. The first-order valence-electron chi connectivity index (χ1n) is 12.2. The number of pyridine rings is 1. The summed E-state index contributed by atoms with van der Waals surface area (Å²) in [5, 5.41) is 16.1. The molecule has 1 aliphatic heterocycles. The molecule has 0 unspecified atom stereocenters. The van der Waals surface area contributed by atoms with Crippen LogP contribution in [0.15, 0.2) is 43.2 Å². The molecular weight excluding hydrogens is 486 g/mol. The van der Waals surface area contributed by atoms with E-state index in [4.69, 9.17) is 10.7 Å². The van der Waals surface area contributed by atoms with E-state index in [1.54, 1.807) is 28.2 Å². The largest absolute Gasteiger partial charge is 0.383 e. The number of amides is 1. The Labute approximate surface area is 216 Å². The third-order valence-corrected chi connectivity index (χ3v) is 6.93. The predicted molar refractivity (Wildman–Crippen MR) is 137 cm³/mol. The Balaban J connectivity index is 1.33. The number of piperidine rings is 1. The third kappa shape index (κ3) is 3.97. The molecule has 192 valence electrons. The lowest BCUT2D eigenvalue weighted by Gasteiger charge is -2.32. The Hall–Kier alpha value is -4.94. The van der Waals surface area contributed by atoms with E-state index in [0.29, 0.717) is 42.8 Å². The van der Waals surface area contributed by atoms with Gasteiger partial charge in [0.25, 0.3) is 5.91 Å². The van der Waals surface area contributed by atoms with Crippen LogP contribution >= 0.6 is 0 Å². The minimum atomic E-state index is -0.198. The molecule has 6 rings (SSSR count). The Kier molecular flexibility index (Phi) is 5.66. The number of aromatic amines is 1. The molecular formula is C25H25N11O2. The summed E-state index contributed by atoms with van der Waals surface area (Å²) in [7, 11) is 1.86. The summed E-state index contributed by atoms with van der Waals surface area (Å²) in [6.45, 7) is 2.48. The van der Waals surface area contributed by atoms with Crippen LogP contribution in [0.1, 0.15) is 52.4 Å². The van der Waals surface area contributed by atoms with Crippen molar-refractivity contribution in [3.63, 3.8) is 0 Å². The minimum absolute atomic E-state index is 0.0474. The van der Waals surface area contributed by atoms with Gasteiger partial charge in [-0.05, 0) is 25.8 Å². The third-order valence-electron chi connectivity index (χ3n) is 6.93. The van der Waals surface area contributed by atoms with E-state index in [2.05, 4.69) is 30.4 Å². The Morgan fingerprint density at radius 2 is 1.89 bits per heavy atom. The maximum atomic E-state index is 12.7. The van der Waals surface area contributed by atoms with E-state index >= 15 is 0 Å². The lowest BCUT2D eigenvalue weighted by molar-refractivity contribution is 0.0699. The van der Waals surface area contributed by atoms with Crippen molar-refractivity contribution in [2.45, 2.75) is 25.7 Å². The first kappa shape index (κ1) is 23.5. The molecule has 38 heavy (non-hydrogen) atoms. The average Bonchev–Trinajstić information content (AvgIpc) is 3.69. The number of hydrogen-bond donors (Lipinski definition) is 2. The first-order valence-corrected chi connectivity index (χ1v) is 12.2. The molecule has 0 aromatic carbocycles. The molecule has 0 bridgehead atoms. The lowest BCUT2D eigenvalue weighted by atomic mass is 9.89. The predicted octanol–water partition coefficient (Wildman–Crippen LogP) is 2.11. The number of aryl methyl sites for hydroxylation is 1. The number of aromatic nitrogens is 9. The number of anilines is 1. The van der Waals surface area contributed by atoms with E-state index in [9.17, 15) is 9.59 Å². The molecule has 3 N–H and O–H groups in total. The molecule has 0 aliphatic carbocycles. The van der Waals surface area contributed by atoms with Crippen molar-refractivity contribution in [3.8, 4) is 22.4 Å². The highest BCUT2D eigenvalue weighted by atomic mass is 16.2. The van der Waals surface area contributed by atoms with Gasteiger partial charge in [0, 0.05) is 55.1 Å². The standard InChI is InChI=1S/C25H25N11O2/c1-14(37)20-21(15-5-7-35(8-6-15)25(38)23-28-13-29-33-23)32-24-18(11-31-36(24)22(20)26)16-3-4-19(27-9-16)17-10-30-34(2)12-17/h3-4,9-13,15H,5-8,26H2,1-2H3,(H,28,29,33). The number of H-pyrrole nitrogens is 1. The molecule has 1 aliphatic rings. The Bertz CT molecular complexity index is 1640. The Morgan fingerprint density at radius 3 is 2.53 bits per heavy atom. The number of hydrogen-bond acceptors (Lipinski definition) is 9. The number of Topliss-reactive ketones (excluding diaryl/α,β-unsaturated/α-hetero) is 1. The van der Waals surface area contributed by atoms with Gasteiger partial charge in [-0.3, -0.25) is 19.3 Å². The number of rotatable bonds is 5. The fourth-order valence-corrected chi connectivity index (χ4v) is 4.99. The molecule has 5 aromatic rings. The molecule has 1 amide bonds. The smallest absolute Gasteiger partial charge is 0.291 e. The van der Waals surface area contributed by atoms with Crippen LogP contribution in [0.25, 0.3) is 28.0 Å².